The van der Waals surface area contributed by atoms with E-state index in [-0.39, 0.29) is 18.0 Å². The molecule has 0 spiro atoms. The second-order valence-electron chi connectivity index (χ2n) is 4.54. The van der Waals surface area contributed by atoms with E-state index < -0.39 is 10.0 Å². The summed E-state index contributed by atoms with van der Waals surface area (Å²) in [6.45, 7) is 3.66. The molecule has 0 bridgehead atoms. The fraction of sp³-hybridized carbons (Fsp3) is 0.500. The summed E-state index contributed by atoms with van der Waals surface area (Å²) in [5.74, 6) is 0. The van der Waals surface area contributed by atoms with Crippen LogP contribution in [0.4, 0.5) is 0 Å². The van der Waals surface area contributed by atoms with Crippen LogP contribution in [0.25, 0.3) is 0 Å². The van der Waals surface area contributed by atoms with E-state index in [1.807, 2.05) is 4.57 Å². The average Bonchev–Trinajstić information content (AvgIpc) is 3.08. The summed E-state index contributed by atoms with van der Waals surface area (Å²) in [6, 6.07) is 1.90. The molecule has 1 aliphatic carbocycles. The smallest absolute Gasteiger partial charge is 0.244 e. The van der Waals surface area contributed by atoms with Crippen molar-refractivity contribution in [2.75, 3.05) is 13.6 Å². The van der Waals surface area contributed by atoms with Gasteiger partial charge in [-0.1, -0.05) is 6.08 Å². The van der Waals surface area contributed by atoms with Gasteiger partial charge in [-0.05, 0) is 18.9 Å². The molecule has 1 aromatic heterocycles. The molecule has 2 rings (SSSR count). The minimum absolute atomic E-state index is 0.142. The highest BCUT2D eigenvalue weighted by Crippen LogP contribution is 2.37. The lowest BCUT2D eigenvalue weighted by molar-refractivity contribution is 0.270. The lowest BCUT2D eigenvalue weighted by atomic mass is 10.4. The van der Waals surface area contributed by atoms with Crippen LogP contribution in [0.15, 0.2) is 29.8 Å². The summed E-state index contributed by atoms with van der Waals surface area (Å²) in [5, 5.41) is 9.27. The Morgan fingerprint density at radius 2 is 2.28 bits per heavy atom. The van der Waals surface area contributed by atoms with Gasteiger partial charge in [0.1, 0.15) is 4.90 Å². The molecule has 1 aliphatic rings. The van der Waals surface area contributed by atoms with Gasteiger partial charge in [-0.3, -0.25) is 0 Å². The highest BCUT2D eigenvalue weighted by Gasteiger charge is 2.29. The van der Waals surface area contributed by atoms with Gasteiger partial charge < -0.3 is 9.67 Å². The summed E-state index contributed by atoms with van der Waals surface area (Å²) in [7, 11) is -1.97. The Bertz CT molecular complexity index is 544. The first-order valence-electron chi connectivity index (χ1n) is 5.89. The van der Waals surface area contributed by atoms with Crippen molar-refractivity contribution in [1.29, 1.82) is 0 Å². The number of hydrogen-bond acceptors (Lipinski definition) is 3. The third-order valence-corrected chi connectivity index (χ3v) is 4.89. The lowest BCUT2D eigenvalue weighted by Gasteiger charge is -2.13. The molecule has 0 atom stereocenters. The first-order valence-corrected chi connectivity index (χ1v) is 7.33. The summed E-state index contributed by atoms with van der Waals surface area (Å²) in [4.78, 5) is 0.239. The second-order valence-corrected chi connectivity index (χ2v) is 6.58. The average molecular weight is 270 g/mol. The quantitative estimate of drug-likeness (QED) is 0.788. The molecule has 1 aromatic rings. The summed E-state index contributed by atoms with van der Waals surface area (Å²) < 4.78 is 27.6. The Balaban J connectivity index is 2.35. The SMILES string of the molecule is C=CCN(C)S(=O)(=O)c1cc(CO)n(C2CC2)c1. The van der Waals surface area contributed by atoms with Gasteiger partial charge >= 0.3 is 0 Å². The molecule has 0 radical (unpaired) electrons. The molecule has 1 saturated carbocycles. The largest absolute Gasteiger partial charge is 0.390 e. The van der Waals surface area contributed by atoms with Crippen LogP contribution < -0.4 is 0 Å². The van der Waals surface area contributed by atoms with Crippen molar-refractivity contribution in [3.05, 3.63) is 30.6 Å². The van der Waals surface area contributed by atoms with Gasteiger partial charge in [-0.25, -0.2) is 8.42 Å². The Hall–Kier alpha value is -1.11. The van der Waals surface area contributed by atoms with Crippen LogP contribution in [0.3, 0.4) is 0 Å². The van der Waals surface area contributed by atoms with Crippen LogP contribution in [0.2, 0.25) is 0 Å². The predicted molar refractivity (Wildman–Crippen MR) is 68.6 cm³/mol. The molecule has 1 fully saturated rings. The van der Waals surface area contributed by atoms with Gasteiger partial charge in [0, 0.05) is 31.5 Å². The van der Waals surface area contributed by atoms with Crippen LogP contribution >= 0.6 is 0 Å². The highest BCUT2D eigenvalue weighted by atomic mass is 32.2. The molecular formula is C12H18N2O3S. The monoisotopic (exact) mass is 270 g/mol. The van der Waals surface area contributed by atoms with Gasteiger partial charge in [0.25, 0.3) is 0 Å². The fourth-order valence-corrected chi connectivity index (χ4v) is 3.11. The van der Waals surface area contributed by atoms with Crippen LogP contribution in [-0.4, -0.2) is 36.0 Å². The summed E-state index contributed by atoms with van der Waals surface area (Å²) in [6.07, 6.45) is 5.26. The van der Waals surface area contributed by atoms with Gasteiger partial charge in [0.15, 0.2) is 0 Å². The Labute approximate surface area is 107 Å². The molecule has 18 heavy (non-hydrogen) atoms. The third-order valence-electron chi connectivity index (χ3n) is 3.10. The van der Waals surface area contributed by atoms with Crippen molar-refractivity contribution < 1.29 is 13.5 Å². The van der Waals surface area contributed by atoms with Crippen molar-refractivity contribution in [3.8, 4) is 0 Å². The molecule has 0 aromatic carbocycles. The zero-order valence-electron chi connectivity index (χ0n) is 10.4. The normalized spacial score (nSPS) is 16.2. The van der Waals surface area contributed by atoms with E-state index in [2.05, 4.69) is 6.58 Å². The van der Waals surface area contributed by atoms with E-state index in [9.17, 15) is 13.5 Å². The number of likely N-dealkylation sites (N-methyl/N-ethyl adjacent to an activating group) is 1. The minimum Gasteiger partial charge on any atom is -0.390 e. The number of aliphatic hydroxyl groups excluding tert-OH is 1. The van der Waals surface area contributed by atoms with Crippen LogP contribution in [0.1, 0.15) is 24.6 Å². The van der Waals surface area contributed by atoms with E-state index in [1.165, 1.54) is 11.4 Å². The molecule has 100 valence electrons. The van der Waals surface area contributed by atoms with E-state index in [4.69, 9.17) is 0 Å². The van der Waals surface area contributed by atoms with E-state index in [1.54, 1.807) is 18.3 Å². The molecule has 1 heterocycles. The molecule has 0 aliphatic heterocycles. The number of rotatable bonds is 6. The molecule has 0 amide bonds. The Morgan fingerprint density at radius 3 is 2.78 bits per heavy atom. The fourth-order valence-electron chi connectivity index (χ4n) is 1.92. The molecular weight excluding hydrogens is 252 g/mol. The summed E-state index contributed by atoms with van der Waals surface area (Å²) in [5.41, 5.74) is 0.656. The zero-order chi connectivity index (χ0) is 13.3. The second kappa shape index (κ2) is 4.87. The molecule has 1 N–H and O–H groups in total. The number of aliphatic hydroxyl groups is 1. The molecule has 0 saturated heterocycles. The van der Waals surface area contributed by atoms with E-state index in [0.717, 1.165) is 12.8 Å². The van der Waals surface area contributed by atoms with Gasteiger partial charge in [0.2, 0.25) is 10.0 Å². The standard InChI is InChI=1S/C12H18N2O3S/c1-3-6-13(2)18(16,17)12-7-11(9-15)14(8-12)10-4-5-10/h3,7-8,10,15H,1,4-6,9H2,2H3. The topological polar surface area (TPSA) is 62.5 Å². The van der Waals surface area contributed by atoms with Gasteiger partial charge in [-0.15, -0.1) is 6.58 Å². The summed E-state index contributed by atoms with van der Waals surface area (Å²) >= 11 is 0. The predicted octanol–water partition coefficient (Wildman–Crippen LogP) is 1.12. The Kier molecular flexibility index (Phi) is 3.61. The minimum atomic E-state index is -3.49. The number of sulfonamides is 1. The first-order chi connectivity index (χ1) is 8.50. The zero-order valence-corrected chi connectivity index (χ0v) is 11.2. The number of hydrogen-bond donors (Lipinski definition) is 1. The maximum atomic E-state index is 12.2. The molecule has 0 unspecified atom stereocenters. The van der Waals surface area contributed by atoms with Crippen molar-refractivity contribution in [3.63, 3.8) is 0 Å². The molecule has 5 nitrogen and oxygen atoms in total. The maximum Gasteiger partial charge on any atom is 0.244 e. The number of aromatic nitrogens is 1. The van der Waals surface area contributed by atoms with Crippen LogP contribution in [-0.2, 0) is 16.6 Å². The van der Waals surface area contributed by atoms with Crippen molar-refractivity contribution >= 4 is 10.0 Å². The van der Waals surface area contributed by atoms with Crippen LogP contribution in [0, 0.1) is 0 Å². The Morgan fingerprint density at radius 1 is 1.61 bits per heavy atom. The lowest BCUT2D eigenvalue weighted by Crippen LogP contribution is -2.26. The maximum absolute atomic E-state index is 12.2. The van der Waals surface area contributed by atoms with Gasteiger partial charge in [0.05, 0.1) is 6.61 Å². The van der Waals surface area contributed by atoms with Crippen molar-refractivity contribution in [2.45, 2.75) is 30.4 Å². The molecule has 6 heteroatoms. The van der Waals surface area contributed by atoms with E-state index in [0.29, 0.717) is 11.7 Å². The number of nitrogens with zero attached hydrogens (tertiary/aromatic N) is 2. The van der Waals surface area contributed by atoms with Crippen molar-refractivity contribution in [2.24, 2.45) is 0 Å². The van der Waals surface area contributed by atoms with Gasteiger partial charge in [-0.2, -0.15) is 4.31 Å². The highest BCUT2D eigenvalue weighted by molar-refractivity contribution is 7.89. The first kappa shape index (κ1) is 13.3. The van der Waals surface area contributed by atoms with Crippen LogP contribution in [0.5, 0.6) is 0 Å². The van der Waals surface area contributed by atoms with Crippen molar-refractivity contribution in [1.82, 2.24) is 8.87 Å². The van der Waals surface area contributed by atoms with E-state index >= 15 is 0 Å². The third kappa shape index (κ3) is 2.36.